The lowest BCUT2D eigenvalue weighted by molar-refractivity contribution is -0.0157. The molecule has 0 saturated heterocycles. The van der Waals surface area contributed by atoms with Gasteiger partial charge in [0.05, 0.1) is 0 Å². The lowest BCUT2D eigenvalue weighted by Gasteiger charge is -2.35. The van der Waals surface area contributed by atoms with Crippen LogP contribution >= 0.6 is 11.6 Å². The molecule has 3 rings (SSSR count). The summed E-state index contributed by atoms with van der Waals surface area (Å²) < 4.78 is 5.97. The number of hydrogen-bond acceptors (Lipinski definition) is 3. The van der Waals surface area contributed by atoms with Crippen molar-refractivity contribution in [2.24, 2.45) is 0 Å². The zero-order valence-electron chi connectivity index (χ0n) is 13.9. The Hall–Kier alpha value is -1.55. The molecule has 2 aromatic rings. The predicted molar refractivity (Wildman–Crippen MR) is 97.5 cm³/mol. The van der Waals surface area contributed by atoms with Crippen LogP contribution in [0.3, 0.4) is 0 Å². The topological polar surface area (TPSA) is 41.5 Å². The molecular formula is C20H24ClNO2. The summed E-state index contributed by atoms with van der Waals surface area (Å²) in [7, 11) is 0. The van der Waals surface area contributed by atoms with Crippen LogP contribution in [0, 0.1) is 6.92 Å². The second kappa shape index (κ2) is 8.02. The third-order valence-corrected chi connectivity index (χ3v) is 4.84. The highest BCUT2D eigenvalue weighted by molar-refractivity contribution is 6.30. The van der Waals surface area contributed by atoms with Crippen LogP contribution in [0.25, 0.3) is 0 Å². The summed E-state index contributed by atoms with van der Waals surface area (Å²) >= 11 is 5.90. The summed E-state index contributed by atoms with van der Waals surface area (Å²) in [5.41, 5.74) is 2.49. The van der Waals surface area contributed by atoms with E-state index in [1.807, 2.05) is 12.1 Å². The molecule has 1 fully saturated rings. The Balaban J connectivity index is 1.56. The Morgan fingerprint density at radius 2 is 1.79 bits per heavy atom. The number of rotatable bonds is 5. The summed E-state index contributed by atoms with van der Waals surface area (Å²) in [6.07, 6.45) is 2.18. The number of aliphatic hydroxyl groups excluding tert-OH is 1. The minimum atomic E-state index is -0.514. The fourth-order valence-corrected chi connectivity index (χ4v) is 3.26. The number of ether oxygens (including phenoxy) is 1. The Kier molecular flexibility index (Phi) is 5.77. The van der Waals surface area contributed by atoms with E-state index in [-0.39, 0.29) is 12.1 Å². The molecule has 0 radical (unpaired) electrons. The van der Waals surface area contributed by atoms with Gasteiger partial charge < -0.3 is 15.2 Å². The Labute approximate surface area is 148 Å². The summed E-state index contributed by atoms with van der Waals surface area (Å²) in [6, 6.07) is 15.8. The number of aliphatic hydroxyl groups is 1. The number of benzene rings is 2. The number of aryl methyl sites for hydroxylation is 1. The summed E-state index contributed by atoms with van der Waals surface area (Å²) in [4.78, 5) is 0. The maximum absolute atomic E-state index is 10.7. The van der Waals surface area contributed by atoms with Crippen LogP contribution < -0.4 is 10.1 Å². The molecule has 2 N–H and O–H groups in total. The molecule has 0 spiro atoms. The Morgan fingerprint density at radius 3 is 2.50 bits per heavy atom. The van der Waals surface area contributed by atoms with Crippen LogP contribution in [0.5, 0.6) is 5.75 Å². The van der Waals surface area contributed by atoms with Gasteiger partial charge in [-0.25, -0.2) is 0 Å². The third-order valence-electron chi connectivity index (χ3n) is 4.59. The molecule has 4 heteroatoms. The summed E-state index contributed by atoms with van der Waals surface area (Å²) in [6.45, 7) is 2.84. The SMILES string of the molecule is Cc1ccc(CN[C@H]2CCC[C@@H](Oc3ccc(Cl)cc3)[C@@H]2O)cc1. The van der Waals surface area contributed by atoms with E-state index >= 15 is 0 Å². The van der Waals surface area contributed by atoms with Gasteiger partial charge >= 0.3 is 0 Å². The first-order chi connectivity index (χ1) is 11.6. The molecule has 3 nitrogen and oxygen atoms in total. The first kappa shape index (κ1) is 17.3. The quantitative estimate of drug-likeness (QED) is 0.857. The van der Waals surface area contributed by atoms with E-state index in [0.29, 0.717) is 5.02 Å². The van der Waals surface area contributed by atoms with Crippen molar-refractivity contribution in [1.29, 1.82) is 0 Å². The average Bonchev–Trinajstić information content (AvgIpc) is 2.59. The molecule has 3 atom stereocenters. The van der Waals surface area contributed by atoms with Gasteiger partial charge in [0.25, 0.3) is 0 Å². The van der Waals surface area contributed by atoms with Gasteiger partial charge in [-0.3, -0.25) is 0 Å². The van der Waals surface area contributed by atoms with Gasteiger partial charge in [-0.05, 0) is 56.0 Å². The second-order valence-corrected chi connectivity index (χ2v) is 6.94. The molecule has 0 unspecified atom stereocenters. The van der Waals surface area contributed by atoms with E-state index in [0.717, 1.165) is 31.6 Å². The van der Waals surface area contributed by atoms with Crippen LogP contribution in [-0.2, 0) is 6.54 Å². The molecule has 128 valence electrons. The highest BCUT2D eigenvalue weighted by Crippen LogP contribution is 2.25. The minimum Gasteiger partial charge on any atom is -0.488 e. The molecule has 0 heterocycles. The van der Waals surface area contributed by atoms with Crippen LogP contribution in [0.2, 0.25) is 5.02 Å². The van der Waals surface area contributed by atoms with Crippen LogP contribution in [-0.4, -0.2) is 23.4 Å². The van der Waals surface area contributed by atoms with Crippen LogP contribution in [0.1, 0.15) is 30.4 Å². The van der Waals surface area contributed by atoms with E-state index in [1.54, 1.807) is 12.1 Å². The summed E-state index contributed by atoms with van der Waals surface area (Å²) in [5, 5.41) is 14.8. The normalized spacial score (nSPS) is 23.9. The van der Waals surface area contributed by atoms with Crippen molar-refractivity contribution in [1.82, 2.24) is 5.32 Å². The standard InChI is InChI=1S/C20H24ClNO2/c1-14-5-7-15(8-6-14)13-22-18-3-2-4-19(20(18)23)24-17-11-9-16(21)10-12-17/h5-12,18-20,22-23H,2-4,13H2,1H3/t18-,19+,20+/m0/s1. The van der Waals surface area contributed by atoms with E-state index in [4.69, 9.17) is 16.3 Å². The molecule has 0 amide bonds. The Bertz CT molecular complexity index is 642. The first-order valence-corrected chi connectivity index (χ1v) is 8.89. The van der Waals surface area contributed by atoms with Gasteiger partial charge in [-0.2, -0.15) is 0 Å². The molecular weight excluding hydrogens is 322 g/mol. The smallest absolute Gasteiger partial charge is 0.126 e. The van der Waals surface area contributed by atoms with Crippen molar-refractivity contribution in [3.8, 4) is 5.75 Å². The highest BCUT2D eigenvalue weighted by atomic mass is 35.5. The van der Waals surface area contributed by atoms with Crippen LogP contribution in [0.4, 0.5) is 0 Å². The molecule has 1 saturated carbocycles. The van der Waals surface area contributed by atoms with Crippen molar-refractivity contribution in [2.75, 3.05) is 0 Å². The van der Waals surface area contributed by atoms with E-state index in [1.165, 1.54) is 11.1 Å². The van der Waals surface area contributed by atoms with Crippen molar-refractivity contribution >= 4 is 11.6 Å². The van der Waals surface area contributed by atoms with Gasteiger partial charge in [-0.15, -0.1) is 0 Å². The van der Waals surface area contributed by atoms with Gasteiger partial charge in [0.2, 0.25) is 0 Å². The second-order valence-electron chi connectivity index (χ2n) is 6.50. The van der Waals surface area contributed by atoms with E-state index in [9.17, 15) is 5.11 Å². The predicted octanol–water partition coefficient (Wildman–Crippen LogP) is 4.10. The number of hydrogen-bond donors (Lipinski definition) is 2. The van der Waals surface area contributed by atoms with Gasteiger partial charge in [0.15, 0.2) is 0 Å². The lowest BCUT2D eigenvalue weighted by Crippen LogP contribution is -2.50. The summed E-state index contributed by atoms with van der Waals surface area (Å²) in [5.74, 6) is 0.752. The van der Waals surface area contributed by atoms with Gasteiger partial charge in [-0.1, -0.05) is 41.4 Å². The fourth-order valence-electron chi connectivity index (χ4n) is 3.13. The van der Waals surface area contributed by atoms with Crippen molar-refractivity contribution in [2.45, 2.75) is 51.0 Å². The number of nitrogens with one attached hydrogen (secondary N) is 1. The number of halogens is 1. The molecule has 1 aliphatic carbocycles. The fraction of sp³-hybridized carbons (Fsp3) is 0.400. The zero-order chi connectivity index (χ0) is 16.9. The van der Waals surface area contributed by atoms with E-state index < -0.39 is 6.10 Å². The lowest BCUT2D eigenvalue weighted by atomic mass is 9.89. The van der Waals surface area contributed by atoms with E-state index in [2.05, 4.69) is 36.5 Å². The minimum absolute atomic E-state index is 0.0531. The highest BCUT2D eigenvalue weighted by Gasteiger charge is 2.33. The average molecular weight is 346 g/mol. The largest absolute Gasteiger partial charge is 0.488 e. The van der Waals surface area contributed by atoms with Crippen molar-refractivity contribution in [3.63, 3.8) is 0 Å². The Morgan fingerprint density at radius 1 is 1.08 bits per heavy atom. The molecule has 1 aliphatic rings. The molecule has 0 bridgehead atoms. The molecule has 24 heavy (non-hydrogen) atoms. The van der Waals surface area contributed by atoms with Crippen LogP contribution in [0.15, 0.2) is 48.5 Å². The molecule has 0 aromatic heterocycles. The molecule has 0 aliphatic heterocycles. The zero-order valence-corrected chi connectivity index (χ0v) is 14.7. The maximum Gasteiger partial charge on any atom is 0.126 e. The van der Waals surface area contributed by atoms with Crippen molar-refractivity contribution in [3.05, 3.63) is 64.7 Å². The third kappa shape index (κ3) is 4.50. The van der Waals surface area contributed by atoms with Crippen molar-refractivity contribution < 1.29 is 9.84 Å². The monoisotopic (exact) mass is 345 g/mol. The maximum atomic E-state index is 10.7. The molecule has 2 aromatic carbocycles. The first-order valence-electron chi connectivity index (χ1n) is 8.51. The van der Waals surface area contributed by atoms with Gasteiger partial charge in [0, 0.05) is 17.6 Å². The van der Waals surface area contributed by atoms with Gasteiger partial charge in [0.1, 0.15) is 18.0 Å².